The number of carbonyl (C=O) groups excluding carboxylic acids is 2. The van der Waals surface area contributed by atoms with E-state index in [1.807, 2.05) is 0 Å². The second-order valence-electron chi connectivity index (χ2n) is 6.14. The molecule has 2 fully saturated rings. The van der Waals surface area contributed by atoms with Gasteiger partial charge in [-0.2, -0.15) is 0 Å². The third kappa shape index (κ3) is 1.69. The molecule has 18 heavy (non-hydrogen) atoms. The standard InChI is InChI=1S/C16H22O2/c1-2-10-6-5-9-13-14(10)16(18)12-8-4-3-7-11(12)15(13)17/h8,10-11,13-14H,2-7,9H2,1H3. The maximum atomic E-state index is 12.7. The summed E-state index contributed by atoms with van der Waals surface area (Å²) in [5.41, 5.74) is 0.882. The van der Waals surface area contributed by atoms with Crippen molar-refractivity contribution in [2.75, 3.05) is 0 Å². The van der Waals surface area contributed by atoms with E-state index in [0.717, 1.165) is 50.5 Å². The molecular formula is C16H22O2. The second kappa shape index (κ2) is 4.64. The van der Waals surface area contributed by atoms with Gasteiger partial charge in [-0.05, 0) is 38.0 Å². The molecule has 0 aromatic heterocycles. The number of carbonyl (C=O) groups is 2. The van der Waals surface area contributed by atoms with Gasteiger partial charge in [-0.25, -0.2) is 0 Å². The molecule has 0 aromatic rings. The van der Waals surface area contributed by atoms with Crippen LogP contribution in [0, 0.1) is 23.7 Å². The summed E-state index contributed by atoms with van der Waals surface area (Å²) in [6, 6.07) is 0. The summed E-state index contributed by atoms with van der Waals surface area (Å²) in [6.07, 6.45) is 9.29. The average molecular weight is 246 g/mol. The zero-order valence-electron chi connectivity index (χ0n) is 11.2. The predicted molar refractivity (Wildman–Crippen MR) is 70.1 cm³/mol. The Balaban J connectivity index is 1.98. The van der Waals surface area contributed by atoms with Crippen LogP contribution in [-0.2, 0) is 9.59 Å². The van der Waals surface area contributed by atoms with Gasteiger partial charge in [0.15, 0.2) is 5.78 Å². The Morgan fingerprint density at radius 2 is 2.00 bits per heavy atom. The van der Waals surface area contributed by atoms with Crippen molar-refractivity contribution in [3.8, 4) is 0 Å². The highest BCUT2D eigenvalue weighted by molar-refractivity contribution is 6.10. The molecule has 2 nitrogen and oxygen atoms in total. The quantitative estimate of drug-likeness (QED) is 0.711. The normalized spacial score (nSPS) is 39.9. The van der Waals surface area contributed by atoms with Crippen LogP contribution >= 0.6 is 0 Å². The summed E-state index contributed by atoms with van der Waals surface area (Å²) in [5, 5.41) is 0. The molecular weight excluding hydrogens is 224 g/mol. The van der Waals surface area contributed by atoms with Gasteiger partial charge >= 0.3 is 0 Å². The average Bonchev–Trinajstić information content (AvgIpc) is 2.44. The Morgan fingerprint density at radius 3 is 2.78 bits per heavy atom. The Morgan fingerprint density at radius 1 is 1.17 bits per heavy atom. The van der Waals surface area contributed by atoms with E-state index in [1.54, 1.807) is 0 Å². The molecule has 3 rings (SSSR count). The summed E-state index contributed by atoms with van der Waals surface area (Å²) in [5.74, 6) is 1.21. The van der Waals surface area contributed by atoms with Crippen molar-refractivity contribution < 1.29 is 9.59 Å². The molecule has 4 unspecified atom stereocenters. The minimum Gasteiger partial charge on any atom is -0.299 e. The van der Waals surface area contributed by atoms with E-state index < -0.39 is 0 Å². The molecule has 0 bridgehead atoms. The number of hydrogen-bond acceptors (Lipinski definition) is 2. The zero-order valence-corrected chi connectivity index (χ0v) is 11.2. The Labute approximate surface area is 109 Å². The van der Waals surface area contributed by atoms with Gasteiger partial charge in [-0.1, -0.05) is 25.8 Å². The summed E-state index contributed by atoms with van der Waals surface area (Å²) >= 11 is 0. The molecule has 98 valence electrons. The van der Waals surface area contributed by atoms with E-state index in [1.165, 1.54) is 0 Å². The largest absolute Gasteiger partial charge is 0.299 e. The number of allylic oxidation sites excluding steroid dienone is 2. The highest BCUT2D eigenvalue weighted by atomic mass is 16.1. The lowest BCUT2D eigenvalue weighted by atomic mass is 9.58. The lowest BCUT2D eigenvalue weighted by Gasteiger charge is -2.43. The van der Waals surface area contributed by atoms with Gasteiger partial charge in [0, 0.05) is 23.3 Å². The smallest absolute Gasteiger partial charge is 0.163 e. The second-order valence-corrected chi connectivity index (χ2v) is 6.14. The Bertz CT molecular complexity index is 407. The first kappa shape index (κ1) is 12.1. The fraction of sp³-hybridized carbons (Fsp3) is 0.750. The van der Waals surface area contributed by atoms with Crippen LogP contribution in [0.1, 0.15) is 51.9 Å². The van der Waals surface area contributed by atoms with E-state index in [0.29, 0.717) is 17.5 Å². The van der Waals surface area contributed by atoms with Crippen molar-refractivity contribution in [2.24, 2.45) is 23.7 Å². The predicted octanol–water partition coefficient (Wildman–Crippen LogP) is 3.31. The number of ketones is 2. The summed E-state index contributed by atoms with van der Waals surface area (Å²) in [7, 11) is 0. The minimum atomic E-state index is -0.0388. The molecule has 0 aromatic carbocycles. The van der Waals surface area contributed by atoms with Gasteiger partial charge in [-0.15, -0.1) is 0 Å². The molecule has 2 saturated carbocycles. The van der Waals surface area contributed by atoms with Gasteiger partial charge in [0.1, 0.15) is 5.78 Å². The zero-order chi connectivity index (χ0) is 12.7. The molecule has 2 heteroatoms. The van der Waals surface area contributed by atoms with Gasteiger partial charge in [-0.3, -0.25) is 9.59 Å². The molecule has 0 amide bonds. The first-order valence-corrected chi connectivity index (χ1v) is 7.52. The molecule has 0 heterocycles. The van der Waals surface area contributed by atoms with Crippen molar-refractivity contribution in [3.05, 3.63) is 11.6 Å². The van der Waals surface area contributed by atoms with Crippen LogP contribution in [0.25, 0.3) is 0 Å². The van der Waals surface area contributed by atoms with Crippen LogP contribution in [0.4, 0.5) is 0 Å². The number of rotatable bonds is 1. The fourth-order valence-corrected chi connectivity index (χ4v) is 4.36. The van der Waals surface area contributed by atoms with E-state index >= 15 is 0 Å². The van der Waals surface area contributed by atoms with E-state index in [2.05, 4.69) is 13.0 Å². The van der Waals surface area contributed by atoms with Crippen LogP contribution in [0.3, 0.4) is 0 Å². The van der Waals surface area contributed by atoms with Gasteiger partial charge in [0.05, 0.1) is 0 Å². The molecule has 0 saturated heterocycles. The highest BCUT2D eigenvalue weighted by Crippen LogP contribution is 2.47. The number of Topliss-reactive ketones (excluding diaryl/α,β-unsaturated/α-hetero) is 2. The van der Waals surface area contributed by atoms with Gasteiger partial charge in [0.25, 0.3) is 0 Å². The number of fused-ring (bicyclic) bond motifs is 2. The minimum absolute atomic E-state index is 0.0249. The van der Waals surface area contributed by atoms with Crippen LogP contribution in [0.5, 0.6) is 0 Å². The van der Waals surface area contributed by atoms with Crippen molar-refractivity contribution >= 4 is 11.6 Å². The Kier molecular flexibility index (Phi) is 3.13. The van der Waals surface area contributed by atoms with E-state index in [-0.39, 0.29) is 17.8 Å². The molecule has 3 aliphatic carbocycles. The summed E-state index contributed by atoms with van der Waals surface area (Å²) in [6.45, 7) is 2.16. The van der Waals surface area contributed by atoms with Crippen LogP contribution in [0.2, 0.25) is 0 Å². The van der Waals surface area contributed by atoms with Gasteiger partial charge in [0.2, 0.25) is 0 Å². The molecule has 3 aliphatic rings. The molecule has 0 radical (unpaired) electrons. The SMILES string of the molecule is CCC1CCCC2C(=O)C3CCCC=C3C(=O)C12. The topological polar surface area (TPSA) is 34.1 Å². The van der Waals surface area contributed by atoms with Crippen LogP contribution in [-0.4, -0.2) is 11.6 Å². The van der Waals surface area contributed by atoms with E-state index in [4.69, 9.17) is 0 Å². The van der Waals surface area contributed by atoms with Gasteiger partial charge < -0.3 is 0 Å². The highest BCUT2D eigenvalue weighted by Gasteiger charge is 2.50. The summed E-state index contributed by atoms with van der Waals surface area (Å²) in [4.78, 5) is 25.3. The van der Waals surface area contributed by atoms with Crippen LogP contribution in [0.15, 0.2) is 11.6 Å². The van der Waals surface area contributed by atoms with Crippen molar-refractivity contribution in [2.45, 2.75) is 51.9 Å². The lowest BCUT2D eigenvalue weighted by molar-refractivity contribution is -0.142. The first-order valence-electron chi connectivity index (χ1n) is 7.52. The lowest BCUT2D eigenvalue weighted by Crippen LogP contribution is -2.48. The molecule has 0 spiro atoms. The number of hydrogen-bond donors (Lipinski definition) is 0. The van der Waals surface area contributed by atoms with Crippen LogP contribution < -0.4 is 0 Å². The maximum Gasteiger partial charge on any atom is 0.163 e. The fourth-order valence-electron chi connectivity index (χ4n) is 4.36. The maximum absolute atomic E-state index is 12.7. The van der Waals surface area contributed by atoms with E-state index in [9.17, 15) is 9.59 Å². The molecule has 0 N–H and O–H groups in total. The van der Waals surface area contributed by atoms with Crippen molar-refractivity contribution in [3.63, 3.8) is 0 Å². The molecule has 0 aliphatic heterocycles. The Hall–Kier alpha value is -0.920. The molecule has 4 atom stereocenters. The first-order chi connectivity index (χ1) is 8.74. The third-order valence-electron chi connectivity index (χ3n) is 5.29. The monoisotopic (exact) mass is 246 g/mol. The van der Waals surface area contributed by atoms with Crippen molar-refractivity contribution in [1.29, 1.82) is 0 Å². The third-order valence-corrected chi connectivity index (χ3v) is 5.29. The van der Waals surface area contributed by atoms with Crippen molar-refractivity contribution in [1.82, 2.24) is 0 Å². The summed E-state index contributed by atoms with van der Waals surface area (Å²) < 4.78 is 0.